The van der Waals surface area contributed by atoms with Gasteiger partial charge in [-0.1, -0.05) is 30.3 Å². The van der Waals surface area contributed by atoms with Crippen LogP contribution in [0.4, 0.5) is 0 Å². The van der Waals surface area contributed by atoms with Crippen molar-refractivity contribution in [1.29, 1.82) is 0 Å². The second-order valence-electron chi connectivity index (χ2n) is 4.24. The molecule has 2 rings (SSSR count). The van der Waals surface area contributed by atoms with Gasteiger partial charge in [-0.05, 0) is 31.2 Å². The van der Waals surface area contributed by atoms with Crippen LogP contribution in [0.5, 0.6) is 0 Å². The Labute approximate surface area is 101 Å². The maximum atomic E-state index is 11.7. The molecule has 17 heavy (non-hydrogen) atoms. The quantitative estimate of drug-likeness (QED) is 0.812. The van der Waals surface area contributed by atoms with E-state index in [0.29, 0.717) is 30.2 Å². The molecule has 0 heterocycles. The van der Waals surface area contributed by atoms with E-state index in [9.17, 15) is 4.79 Å². The molecule has 1 aliphatic rings. The molecule has 0 spiro atoms. The van der Waals surface area contributed by atoms with Crippen LogP contribution < -0.4 is 5.73 Å². The number of esters is 1. The zero-order chi connectivity index (χ0) is 12.3. The Morgan fingerprint density at radius 1 is 1.35 bits per heavy atom. The van der Waals surface area contributed by atoms with Gasteiger partial charge in [-0.15, -0.1) is 0 Å². The fourth-order valence-electron chi connectivity index (χ4n) is 2.23. The van der Waals surface area contributed by atoms with E-state index in [1.54, 1.807) is 6.92 Å². The highest BCUT2D eigenvalue weighted by atomic mass is 16.5. The van der Waals surface area contributed by atoms with Crippen molar-refractivity contribution in [3.63, 3.8) is 0 Å². The van der Waals surface area contributed by atoms with Gasteiger partial charge in [0, 0.05) is 5.70 Å². The van der Waals surface area contributed by atoms with Crippen LogP contribution in [0.1, 0.15) is 31.2 Å². The van der Waals surface area contributed by atoms with Crippen LogP contribution in [-0.4, -0.2) is 12.6 Å². The molecule has 0 bridgehead atoms. The zero-order valence-corrected chi connectivity index (χ0v) is 9.98. The molecule has 0 saturated heterocycles. The van der Waals surface area contributed by atoms with Crippen molar-refractivity contribution in [2.45, 2.75) is 25.7 Å². The van der Waals surface area contributed by atoms with Gasteiger partial charge in [0.15, 0.2) is 0 Å². The molecule has 1 aromatic carbocycles. The summed E-state index contributed by atoms with van der Waals surface area (Å²) < 4.78 is 5.00. The lowest BCUT2D eigenvalue weighted by molar-refractivity contribution is -0.138. The van der Waals surface area contributed by atoms with Gasteiger partial charge in [0.2, 0.25) is 0 Å². The number of hydrogen-bond donors (Lipinski definition) is 1. The summed E-state index contributed by atoms with van der Waals surface area (Å²) in [6, 6.07) is 10.2. The zero-order valence-electron chi connectivity index (χ0n) is 9.98. The number of nitrogens with two attached hydrogens (primary N) is 1. The number of ether oxygens (including phenoxy) is 1. The monoisotopic (exact) mass is 231 g/mol. The molecule has 3 heteroatoms. The van der Waals surface area contributed by atoms with E-state index in [2.05, 4.69) is 12.1 Å². The average Bonchev–Trinajstić information content (AvgIpc) is 2.73. The minimum Gasteiger partial charge on any atom is -0.463 e. The van der Waals surface area contributed by atoms with E-state index in [4.69, 9.17) is 10.5 Å². The average molecular weight is 231 g/mol. The Morgan fingerprint density at radius 3 is 2.71 bits per heavy atom. The summed E-state index contributed by atoms with van der Waals surface area (Å²) >= 11 is 0. The van der Waals surface area contributed by atoms with Crippen molar-refractivity contribution in [3.8, 4) is 0 Å². The highest BCUT2D eigenvalue weighted by Crippen LogP contribution is 2.36. The molecule has 90 valence electrons. The highest BCUT2D eigenvalue weighted by molar-refractivity contribution is 5.90. The summed E-state index contributed by atoms with van der Waals surface area (Å²) in [7, 11) is 0. The standard InChI is InChI=1S/C14H17NO2/c1-2-17-14(16)12-8-11(9-13(12)15)10-6-4-3-5-7-10/h3-7,11H,2,8-9,15H2,1H3/t11-/m1/s1. The highest BCUT2D eigenvalue weighted by Gasteiger charge is 2.28. The number of hydrogen-bond acceptors (Lipinski definition) is 3. The van der Waals surface area contributed by atoms with Gasteiger partial charge in [0.05, 0.1) is 12.2 Å². The van der Waals surface area contributed by atoms with Crippen molar-refractivity contribution < 1.29 is 9.53 Å². The SMILES string of the molecule is CCOC(=O)C1=C(N)C[C@H](c2ccccc2)C1. The summed E-state index contributed by atoms with van der Waals surface area (Å²) in [4.78, 5) is 11.7. The molecule has 0 aromatic heterocycles. The van der Waals surface area contributed by atoms with Gasteiger partial charge in [0.1, 0.15) is 0 Å². The Balaban J connectivity index is 2.09. The Morgan fingerprint density at radius 2 is 2.06 bits per heavy atom. The number of benzene rings is 1. The van der Waals surface area contributed by atoms with Crippen LogP contribution in [0.2, 0.25) is 0 Å². The maximum Gasteiger partial charge on any atom is 0.335 e. The molecule has 3 nitrogen and oxygen atoms in total. The maximum absolute atomic E-state index is 11.7. The molecule has 0 aliphatic heterocycles. The first-order valence-corrected chi connectivity index (χ1v) is 5.92. The van der Waals surface area contributed by atoms with Gasteiger partial charge >= 0.3 is 5.97 Å². The molecule has 0 amide bonds. The molecule has 1 atom stereocenters. The lowest BCUT2D eigenvalue weighted by Gasteiger charge is -2.09. The van der Waals surface area contributed by atoms with E-state index < -0.39 is 0 Å². The van der Waals surface area contributed by atoms with Crippen LogP contribution in [0, 0.1) is 0 Å². The van der Waals surface area contributed by atoms with Crippen LogP contribution in [-0.2, 0) is 9.53 Å². The largest absolute Gasteiger partial charge is 0.463 e. The number of carbonyl (C=O) groups excluding carboxylic acids is 1. The first-order chi connectivity index (χ1) is 8.22. The molecule has 1 aromatic rings. The molecule has 0 radical (unpaired) electrons. The van der Waals surface area contributed by atoms with Gasteiger partial charge in [-0.3, -0.25) is 0 Å². The van der Waals surface area contributed by atoms with E-state index in [1.807, 2.05) is 18.2 Å². The number of rotatable bonds is 3. The Hall–Kier alpha value is -1.77. The van der Waals surface area contributed by atoms with E-state index >= 15 is 0 Å². The fraction of sp³-hybridized carbons (Fsp3) is 0.357. The molecule has 0 saturated carbocycles. The summed E-state index contributed by atoms with van der Waals surface area (Å²) in [5, 5.41) is 0. The van der Waals surface area contributed by atoms with Gasteiger partial charge in [0.25, 0.3) is 0 Å². The van der Waals surface area contributed by atoms with Crippen molar-refractivity contribution in [3.05, 3.63) is 47.2 Å². The third kappa shape index (κ3) is 2.49. The summed E-state index contributed by atoms with van der Waals surface area (Å²) in [6.45, 7) is 2.20. The Kier molecular flexibility index (Phi) is 3.47. The van der Waals surface area contributed by atoms with Gasteiger partial charge < -0.3 is 10.5 Å². The molecule has 0 fully saturated rings. The van der Waals surface area contributed by atoms with Crippen LogP contribution in [0.25, 0.3) is 0 Å². The fourth-order valence-corrected chi connectivity index (χ4v) is 2.23. The van der Waals surface area contributed by atoms with Crippen molar-refractivity contribution in [1.82, 2.24) is 0 Å². The molecular formula is C14H17NO2. The van der Waals surface area contributed by atoms with Crippen molar-refractivity contribution in [2.75, 3.05) is 6.61 Å². The summed E-state index contributed by atoms with van der Waals surface area (Å²) in [5.41, 5.74) is 8.48. The van der Waals surface area contributed by atoms with Gasteiger partial charge in [-0.25, -0.2) is 4.79 Å². The Bertz CT molecular complexity index is 437. The van der Waals surface area contributed by atoms with Gasteiger partial charge in [-0.2, -0.15) is 0 Å². The third-order valence-corrected chi connectivity index (χ3v) is 3.10. The molecule has 2 N–H and O–H groups in total. The third-order valence-electron chi connectivity index (χ3n) is 3.10. The first-order valence-electron chi connectivity index (χ1n) is 5.92. The predicted octanol–water partition coefficient (Wildman–Crippen LogP) is 2.34. The lowest BCUT2D eigenvalue weighted by Crippen LogP contribution is -2.10. The smallest absolute Gasteiger partial charge is 0.335 e. The summed E-state index contributed by atoms with van der Waals surface area (Å²) in [5.74, 6) is 0.0547. The van der Waals surface area contributed by atoms with E-state index in [-0.39, 0.29) is 5.97 Å². The first kappa shape index (κ1) is 11.7. The minimum absolute atomic E-state index is 0.261. The molecule has 1 aliphatic carbocycles. The predicted molar refractivity (Wildman–Crippen MR) is 66.3 cm³/mol. The van der Waals surface area contributed by atoms with Crippen LogP contribution in [0.3, 0.4) is 0 Å². The summed E-state index contributed by atoms with van der Waals surface area (Å²) in [6.07, 6.45) is 1.44. The topological polar surface area (TPSA) is 52.3 Å². The molecular weight excluding hydrogens is 214 g/mol. The van der Waals surface area contributed by atoms with Crippen LogP contribution >= 0.6 is 0 Å². The second kappa shape index (κ2) is 5.04. The van der Waals surface area contributed by atoms with Crippen molar-refractivity contribution in [2.24, 2.45) is 5.73 Å². The van der Waals surface area contributed by atoms with E-state index in [1.165, 1.54) is 5.56 Å². The number of carbonyl (C=O) groups is 1. The molecule has 0 unspecified atom stereocenters. The van der Waals surface area contributed by atoms with Crippen LogP contribution in [0.15, 0.2) is 41.6 Å². The minimum atomic E-state index is -0.261. The number of allylic oxidation sites excluding steroid dienone is 1. The normalized spacial score (nSPS) is 19.5. The second-order valence-corrected chi connectivity index (χ2v) is 4.24. The lowest BCUT2D eigenvalue weighted by atomic mass is 9.96. The van der Waals surface area contributed by atoms with Crippen molar-refractivity contribution >= 4 is 5.97 Å². The van der Waals surface area contributed by atoms with E-state index in [0.717, 1.165) is 6.42 Å².